The number of benzene rings is 2. The van der Waals surface area contributed by atoms with Crippen LogP contribution in [0.3, 0.4) is 0 Å². The first-order valence-electron chi connectivity index (χ1n) is 8.70. The zero-order valence-corrected chi connectivity index (χ0v) is 15.2. The van der Waals surface area contributed by atoms with Crippen LogP contribution in [0.2, 0.25) is 0 Å². The number of aromatic nitrogens is 2. The molecule has 5 heteroatoms. The Balaban J connectivity index is 1.58. The van der Waals surface area contributed by atoms with Gasteiger partial charge in [-0.15, -0.1) is 0 Å². The van der Waals surface area contributed by atoms with Gasteiger partial charge in [-0.25, -0.2) is 4.98 Å². The predicted molar refractivity (Wildman–Crippen MR) is 106 cm³/mol. The van der Waals surface area contributed by atoms with E-state index in [1.165, 1.54) is 11.1 Å². The summed E-state index contributed by atoms with van der Waals surface area (Å²) in [7, 11) is 3.70. The normalized spacial score (nSPS) is 10.4. The lowest BCUT2D eigenvalue weighted by molar-refractivity contribution is 0.410. The van der Waals surface area contributed by atoms with Gasteiger partial charge < -0.3 is 15.0 Å². The van der Waals surface area contributed by atoms with Crippen LogP contribution in [0.25, 0.3) is 0 Å². The molecule has 1 heterocycles. The number of hydrogen-bond donors (Lipinski definition) is 1. The molecule has 0 fully saturated rings. The first kappa shape index (κ1) is 17.7. The number of para-hydroxylation sites is 1. The summed E-state index contributed by atoms with van der Waals surface area (Å²) in [5.41, 5.74) is 2.41. The smallest absolute Gasteiger partial charge is 0.227 e. The largest absolute Gasteiger partial charge is 0.496 e. The summed E-state index contributed by atoms with van der Waals surface area (Å²) in [6, 6.07) is 20.3. The van der Waals surface area contributed by atoms with Gasteiger partial charge in [0.25, 0.3) is 0 Å². The van der Waals surface area contributed by atoms with Crippen LogP contribution < -0.4 is 15.0 Å². The van der Waals surface area contributed by atoms with Crippen molar-refractivity contribution >= 4 is 11.8 Å². The van der Waals surface area contributed by atoms with E-state index in [1.54, 1.807) is 13.3 Å². The SMILES string of the molecule is COc1ccccc1CCNc1ccnc(N(C)Cc2ccccc2)n1. The van der Waals surface area contributed by atoms with Crippen molar-refractivity contribution in [3.63, 3.8) is 0 Å². The van der Waals surface area contributed by atoms with E-state index in [9.17, 15) is 0 Å². The van der Waals surface area contributed by atoms with Gasteiger partial charge >= 0.3 is 0 Å². The summed E-state index contributed by atoms with van der Waals surface area (Å²) in [4.78, 5) is 11.0. The Bertz CT molecular complexity index is 823. The molecule has 0 aliphatic rings. The van der Waals surface area contributed by atoms with E-state index in [-0.39, 0.29) is 0 Å². The molecule has 2 aromatic carbocycles. The monoisotopic (exact) mass is 348 g/mol. The highest BCUT2D eigenvalue weighted by atomic mass is 16.5. The van der Waals surface area contributed by atoms with Gasteiger partial charge in [-0.1, -0.05) is 48.5 Å². The highest BCUT2D eigenvalue weighted by Crippen LogP contribution is 2.18. The van der Waals surface area contributed by atoms with Crippen LogP contribution >= 0.6 is 0 Å². The third-order valence-corrected chi connectivity index (χ3v) is 4.14. The van der Waals surface area contributed by atoms with Crippen LogP contribution in [0.5, 0.6) is 5.75 Å². The van der Waals surface area contributed by atoms with Crippen LogP contribution in [-0.2, 0) is 13.0 Å². The average molecular weight is 348 g/mol. The molecule has 3 aromatic rings. The van der Waals surface area contributed by atoms with Crippen LogP contribution in [0.4, 0.5) is 11.8 Å². The molecule has 1 aromatic heterocycles. The number of ether oxygens (including phenoxy) is 1. The third-order valence-electron chi connectivity index (χ3n) is 4.14. The van der Waals surface area contributed by atoms with Gasteiger partial charge in [0.05, 0.1) is 7.11 Å². The fraction of sp³-hybridized carbons (Fsp3) is 0.238. The maximum atomic E-state index is 5.40. The number of anilines is 2. The lowest BCUT2D eigenvalue weighted by atomic mass is 10.1. The van der Waals surface area contributed by atoms with E-state index in [2.05, 4.69) is 33.5 Å². The van der Waals surface area contributed by atoms with E-state index < -0.39 is 0 Å². The first-order chi connectivity index (χ1) is 12.8. The van der Waals surface area contributed by atoms with E-state index in [0.29, 0.717) is 5.95 Å². The maximum Gasteiger partial charge on any atom is 0.227 e. The first-order valence-corrected chi connectivity index (χ1v) is 8.70. The Morgan fingerprint density at radius 3 is 2.58 bits per heavy atom. The van der Waals surface area contributed by atoms with Crippen molar-refractivity contribution < 1.29 is 4.74 Å². The number of methoxy groups -OCH3 is 1. The Hall–Kier alpha value is -3.08. The van der Waals surface area contributed by atoms with Crippen molar-refractivity contribution in [2.75, 3.05) is 30.9 Å². The minimum Gasteiger partial charge on any atom is -0.496 e. The van der Waals surface area contributed by atoms with E-state index >= 15 is 0 Å². The van der Waals surface area contributed by atoms with Crippen LogP contribution in [0.15, 0.2) is 66.9 Å². The zero-order chi connectivity index (χ0) is 18.2. The highest BCUT2D eigenvalue weighted by molar-refractivity contribution is 5.42. The Labute approximate surface area is 154 Å². The van der Waals surface area contributed by atoms with Crippen molar-refractivity contribution in [2.45, 2.75) is 13.0 Å². The van der Waals surface area contributed by atoms with Crippen LogP contribution in [-0.4, -0.2) is 30.7 Å². The quantitative estimate of drug-likeness (QED) is 0.671. The third kappa shape index (κ3) is 4.72. The van der Waals surface area contributed by atoms with Gasteiger partial charge in [-0.2, -0.15) is 4.98 Å². The maximum absolute atomic E-state index is 5.40. The fourth-order valence-electron chi connectivity index (χ4n) is 2.79. The number of hydrogen-bond acceptors (Lipinski definition) is 5. The summed E-state index contributed by atoms with van der Waals surface area (Å²) in [5.74, 6) is 2.45. The van der Waals surface area contributed by atoms with Gasteiger partial charge in [-0.05, 0) is 29.7 Å². The Morgan fingerprint density at radius 2 is 1.77 bits per heavy atom. The number of nitrogens with zero attached hydrogens (tertiary/aromatic N) is 3. The molecular formula is C21H24N4O. The molecule has 0 aliphatic carbocycles. The molecule has 26 heavy (non-hydrogen) atoms. The standard InChI is InChI=1S/C21H24N4O/c1-25(16-17-8-4-3-5-9-17)21-23-15-13-20(24-21)22-14-12-18-10-6-7-11-19(18)26-2/h3-11,13,15H,12,14,16H2,1-2H3,(H,22,23,24). The minimum atomic E-state index is 0.705. The Morgan fingerprint density at radius 1 is 1.00 bits per heavy atom. The van der Waals surface area contributed by atoms with E-state index in [4.69, 9.17) is 4.74 Å². The van der Waals surface area contributed by atoms with Gasteiger partial charge in [0.1, 0.15) is 11.6 Å². The second-order valence-corrected chi connectivity index (χ2v) is 6.07. The zero-order valence-electron chi connectivity index (χ0n) is 15.2. The number of nitrogens with one attached hydrogen (secondary N) is 1. The molecule has 0 saturated carbocycles. The lowest BCUT2D eigenvalue weighted by Crippen LogP contribution is -2.19. The minimum absolute atomic E-state index is 0.705. The Kier molecular flexibility index (Phi) is 6.04. The molecule has 0 amide bonds. The number of rotatable bonds is 8. The van der Waals surface area contributed by atoms with Gasteiger partial charge in [0.15, 0.2) is 0 Å². The summed E-state index contributed by atoms with van der Waals surface area (Å²) >= 11 is 0. The van der Waals surface area contributed by atoms with Crippen LogP contribution in [0.1, 0.15) is 11.1 Å². The second kappa shape index (κ2) is 8.85. The molecule has 0 aliphatic heterocycles. The molecular weight excluding hydrogens is 324 g/mol. The lowest BCUT2D eigenvalue weighted by Gasteiger charge is -2.18. The molecule has 0 spiro atoms. The molecule has 134 valence electrons. The van der Waals surface area contributed by atoms with Crippen molar-refractivity contribution in [2.24, 2.45) is 0 Å². The van der Waals surface area contributed by atoms with Crippen molar-refractivity contribution in [1.82, 2.24) is 9.97 Å². The molecule has 3 rings (SSSR count). The summed E-state index contributed by atoms with van der Waals surface area (Å²) in [6.07, 6.45) is 2.65. The van der Waals surface area contributed by atoms with Crippen molar-refractivity contribution in [1.29, 1.82) is 0 Å². The fourth-order valence-corrected chi connectivity index (χ4v) is 2.79. The van der Waals surface area contributed by atoms with Crippen molar-refractivity contribution in [3.05, 3.63) is 78.0 Å². The highest BCUT2D eigenvalue weighted by Gasteiger charge is 2.07. The predicted octanol–water partition coefficient (Wildman–Crippen LogP) is 3.78. The topological polar surface area (TPSA) is 50.3 Å². The summed E-state index contributed by atoms with van der Waals surface area (Å²) < 4.78 is 5.40. The molecule has 1 N–H and O–H groups in total. The van der Waals surface area contributed by atoms with Crippen molar-refractivity contribution in [3.8, 4) is 5.75 Å². The van der Waals surface area contributed by atoms with Crippen LogP contribution in [0, 0.1) is 0 Å². The molecule has 0 atom stereocenters. The van der Waals surface area contributed by atoms with Gasteiger partial charge in [0, 0.05) is 26.3 Å². The molecule has 0 unspecified atom stereocenters. The van der Waals surface area contributed by atoms with Gasteiger partial charge in [0.2, 0.25) is 5.95 Å². The summed E-state index contributed by atoms with van der Waals surface area (Å²) in [6.45, 7) is 1.55. The van der Waals surface area contributed by atoms with E-state index in [1.807, 2.05) is 54.4 Å². The molecule has 0 radical (unpaired) electrons. The summed E-state index contributed by atoms with van der Waals surface area (Å²) in [5, 5.41) is 3.37. The molecule has 0 saturated heterocycles. The van der Waals surface area contributed by atoms with E-state index in [0.717, 1.165) is 31.1 Å². The molecule has 0 bridgehead atoms. The second-order valence-electron chi connectivity index (χ2n) is 6.07. The molecule has 5 nitrogen and oxygen atoms in total. The average Bonchev–Trinajstić information content (AvgIpc) is 2.69. The van der Waals surface area contributed by atoms with Gasteiger partial charge in [-0.3, -0.25) is 0 Å².